The highest BCUT2D eigenvalue weighted by molar-refractivity contribution is 4.98. The van der Waals surface area contributed by atoms with Gasteiger partial charge in [-0.25, -0.2) is 0 Å². The van der Waals surface area contributed by atoms with Crippen LogP contribution < -0.4 is 5.73 Å². The summed E-state index contributed by atoms with van der Waals surface area (Å²) in [6, 6.07) is 0. The lowest BCUT2D eigenvalue weighted by molar-refractivity contribution is 0.0294. The summed E-state index contributed by atoms with van der Waals surface area (Å²) in [5.74, 6) is 0.440. The fraction of sp³-hybridized carbons (Fsp3) is 0.750. The van der Waals surface area contributed by atoms with Crippen molar-refractivity contribution in [1.82, 2.24) is 0 Å². The van der Waals surface area contributed by atoms with E-state index in [1.54, 1.807) is 6.08 Å². The second-order valence-electron chi connectivity index (χ2n) is 3.07. The number of hydrogen-bond acceptors (Lipinski definition) is 2. The summed E-state index contributed by atoms with van der Waals surface area (Å²) in [7, 11) is 0. The van der Waals surface area contributed by atoms with Gasteiger partial charge < -0.3 is 10.8 Å². The van der Waals surface area contributed by atoms with E-state index in [2.05, 4.69) is 6.58 Å². The SMILES string of the molecule is C=CCC(O)(CN)C1CC1. The predicted octanol–water partition coefficient (Wildman–Crippen LogP) is 0.662. The molecule has 0 radical (unpaired) electrons. The molecule has 3 N–H and O–H groups in total. The van der Waals surface area contributed by atoms with Gasteiger partial charge in [-0.05, 0) is 25.2 Å². The van der Waals surface area contributed by atoms with Crippen LogP contribution in [0.2, 0.25) is 0 Å². The molecule has 0 aromatic rings. The molecule has 0 aromatic carbocycles. The Kier molecular flexibility index (Phi) is 2.11. The van der Waals surface area contributed by atoms with Crippen LogP contribution in [0, 0.1) is 5.92 Å². The van der Waals surface area contributed by atoms with Gasteiger partial charge in [-0.2, -0.15) is 0 Å². The van der Waals surface area contributed by atoms with Crippen LogP contribution in [0.4, 0.5) is 0 Å². The minimum absolute atomic E-state index is 0.365. The first-order chi connectivity index (χ1) is 4.73. The number of rotatable bonds is 4. The van der Waals surface area contributed by atoms with E-state index in [9.17, 15) is 5.11 Å². The Bertz CT molecular complexity index is 131. The molecule has 1 unspecified atom stereocenters. The highest BCUT2D eigenvalue weighted by Crippen LogP contribution is 2.40. The van der Waals surface area contributed by atoms with Crippen molar-refractivity contribution in [3.8, 4) is 0 Å². The minimum atomic E-state index is -0.637. The molecule has 0 heterocycles. The van der Waals surface area contributed by atoms with Crippen LogP contribution in [0.3, 0.4) is 0 Å². The first-order valence-corrected chi connectivity index (χ1v) is 3.76. The lowest BCUT2D eigenvalue weighted by Gasteiger charge is -2.24. The van der Waals surface area contributed by atoms with Crippen LogP contribution in [0.1, 0.15) is 19.3 Å². The van der Waals surface area contributed by atoms with E-state index in [1.165, 1.54) is 0 Å². The van der Waals surface area contributed by atoms with Crippen molar-refractivity contribution in [3.63, 3.8) is 0 Å². The third kappa shape index (κ3) is 1.39. The summed E-state index contributed by atoms with van der Waals surface area (Å²) in [5.41, 5.74) is 4.80. The molecular formula is C8H15NO. The topological polar surface area (TPSA) is 46.2 Å². The lowest BCUT2D eigenvalue weighted by Crippen LogP contribution is -2.39. The second-order valence-corrected chi connectivity index (χ2v) is 3.07. The van der Waals surface area contributed by atoms with Crippen molar-refractivity contribution < 1.29 is 5.11 Å². The molecule has 1 fully saturated rings. The third-order valence-corrected chi connectivity index (χ3v) is 2.19. The molecule has 0 spiro atoms. The minimum Gasteiger partial charge on any atom is -0.388 e. The molecule has 10 heavy (non-hydrogen) atoms. The number of hydrogen-bond donors (Lipinski definition) is 2. The van der Waals surface area contributed by atoms with Crippen molar-refractivity contribution in [2.45, 2.75) is 24.9 Å². The molecule has 58 valence electrons. The molecule has 0 bridgehead atoms. The Morgan fingerprint density at radius 2 is 2.30 bits per heavy atom. The normalized spacial score (nSPS) is 23.8. The smallest absolute Gasteiger partial charge is 0.0831 e. The maximum absolute atomic E-state index is 9.76. The molecule has 1 saturated carbocycles. The zero-order valence-electron chi connectivity index (χ0n) is 6.21. The van der Waals surface area contributed by atoms with Gasteiger partial charge in [0.2, 0.25) is 0 Å². The van der Waals surface area contributed by atoms with Gasteiger partial charge in [-0.3, -0.25) is 0 Å². The average Bonchev–Trinajstić information content (AvgIpc) is 2.69. The largest absolute Gasteiger partial charge is 0.388 e. The van der Waals surface area contributed by atoms with Crippen LogP contribution in [0.25, 0.3) is 0 Å². The Hall–Kier alpha value is -0.340. The van der Waals surface area contributed by atoms with Crippen molar-refractivity contribution in [3.05, 3.63) is 12.7 Å². The standard InChI is InChI=1S/C8H15NO/c1-2-5-8(10,6-9)7-3-4-7/h2,7,10H,1,3-6,9H2. The lowest BCUT2D eigenvalue weighted by atomic mass is 9.94. The molecule has 2 nitrogen and oxygen atoms in total. The molecule has 1 aliphatic rings. The van der Waals surface area contributed by atoms with Gasteiger partial charge in [0.05, 0.1) is 5.60 Å². The quantitative estimate of drug-likeness (QED) is 0.565. The summed E-state index contributed by atoms with van der Waals surface area (Å²) >= 11 is 0. The summed E-state index contributed by atoms with van der Waals surface area (Å²) in [4.78, 5) is 0. The van der Waals surface area contributed by atoms with E-state index in [1.807, 2.05) is 0 Å². The number of aliphatic hydroxyl groups is 1. The fourth-order valence-corrected chi connectivity index (χ4v) is 1.29. The Morgan fingerprint density at radius 1 is 1.70 bits per heavy atom. The van der Waals surface area contributed by atoms with Gasteiger partial charge in [0.1, 0.15) is 0 Å². The van der Waals surface area contributed by atoms with E-state index in [4.69, 9.17) is 5.73 Å². The van der Waals surface area contributed by atoms with E-state index in [-0.39, 0.29) is 0 Å². The van der Waals surface area contributed by atoms with Gasteiger partial charge in [0.15, 0.2) is 0 Å². The van der Waals surface area contributed by atoms with E-state index >= 15 is 0 Å². The molecule has 1 rings (SSSR count). The molecule has 0 saturated heterocycles. The highest BCUT2D eigenvalue weighted by Gasteiger charge is 2.41. The Labute approximate surface area is 61.7 Å². The van der Waals surface area contributed by atoms with E-state index < -0.39 is 5.60 Å². The molecule has 1 aliphatic carbocycles. The van der Waals surface area contributed by atoms with Gasteiger partial charge >= 0.3 is 0 Å². The van der Waals surface area contributed by atoms with Gasteiger partial charge in [0.25, 0.3) is 0 Å². The summed E-state index contributed by atoms with van der Waals surface area (Å²) in [6.45, 7) is 3.95. The van der Waals surface area contributed by atoms with Gasteiger partial charge in [0, 0.05) is 6.54 Å². The van der Waals surface area contributed by atoms with Crippen molar-refractivity contribution in [2.24, 2.45) is 11.7 Å². The molecule has 0 aromatic heterocycles. The van der Waals surface area contributed by atoms with Gasteiger partial charge in [-0.1, -0.05) is 6.08 Å². The first kappa shape index (κ1) is 7.76. The zero-order chi connectivity index (χ0) is 7.61. The molecule has 0 aliphatic heterocycles. The third-order valence-electron chi connectivity index (χ3n) is 2.19. The Morgan fingerprint density at radius 3 is 2.60 bits per heavy atom. The molecular weight excluding hydrogens is 126 g/mol. The highest BCUT2D eigenvalue weighted by atomic mass is 16.3. The van der Waals surface area contributed by atoms with Crippen molar-refractivity contribution >= 4 is 0 Å². The monoisotopic (exact) mass is 141 g/mol. The van der Waals surface area contributed by atoms with Crippen LogP contribution >= 0.6 is 0 Å². The zero-order valence-corrected chi connectivity index (χ0v) is 6.21. The van der Waals surface area contributed by atoms with Crippen LogP contribution in [-0.4, -0.2) is 17.3 Å². The molecule has 1 atom stereocenters. The molecule has 0 amide bonds. The van der Waals surface area contributed by atoms with E-state index in [0.29, 0.717) is 18.9 Å². The number of nitrogens with two attached hydrogens (primary N) is 1. The van der Waals surface area contributed by atoms with Crippen LogP contribution in [0.15, 0.2) is 12.7 Å². The maximum atomic E-state index is 9.76. The van der Waals surface area contributed by atoms with Crippen molar-refractivity contribution in [1.29, 1.82) is 0 Å². The fourth-order valence-electron chi connectivity index (χ4n) is 1.29. The second kappa shape index (κ2) is 2.72. The maximum Gasteiger partial charge on any atom is 0.0831 e. The van der Waals surface area contributed by atoms with E-state index in [0.717, 1.165) is 12.8 Å². The summed E-state index contributed by atoms with van der Waals surface area (Å²) < 4.78 is 0. The molecule has 2 heteroatoms. The first-order valence-electron chi connectivity index (χ1n) is 3.76. The van der Waals surface area contributed by atoms with Crippen molar-refractivity contribution in [2.75, 3.05) is 6.54 Å². The summed E-state index contributed by atoms with van der Waals surface area (Å²) in [5, 5.41) is 9.76. The van der Waals surface area contributed by atoms with Gasteiger partial charge in [-0.15, -0.1) is 6.58 Å². The Balaban J connectivity index is 2.46. The summed E-state index contributed by atoms with van der Waals surface area (Å²) in [6.07, 6.45) is 4.63. The average molecular weight is 141 g/mol. The predicted molar refractivity (Wildman–Crippen MR) is 41.5 cm³/mol. The van der Waals surface area contributed by atoms with Crippen LogP contribution in [-0.2, 0) is 0 Å². The van der Waals surface area contributed by atoms with Crippen LogP contribution in [0.5, 0.6) is 0 Å².